The van der Waals surface area contributed by atoms with Gasteiger partial charge in [-0.1, -0.05) is 43.1 Å². The van der Waals surface area contributed by atoms with Gasteiger partial charge < -0.3 is 10.1 Å². The Labute approximate surface area is 186 Å². The van der Waals surface area contributed by atoms with Crippen molar-refractivity contribution in [2.75, 3.05) is 13.7 Å². The molecule has 6 nitrogen and oxygen atoms in total. The lowest BCUT2D eigenvalue weighted by atomic mass is 9.86. The van der Waals surface area contributed by atoms with Crippen LogP contribution in [0.1, 0.15) is 46.0 Å². The van der Waals surface area contributed by atoms with Crippen molar-refractivity contribution >= 4 is 40.2 Å². The number of aromatic nitrogens is 2. The predicted octanol–water partition coefficient (Wildman–Crippen LogP) is 4.26. The topological polar surface area (TPSA) is 73.2 Å². The van der Waals surface area contributed by atoms with Crippen LogP contribution < -0.4 is 10.9 Å². The van der Waals surface area contributed by atoms with Crippen molar-refractivity contribution in [1.82, 2.24) is 14.9 Å². The number of carbonyl (C=O) groups excluding carboxylic acids is 1. The number of fused-ring (bicyclic) bond motifs is 1. The van der Waals surface area contributed by atoms with E-state index in [4.69, 9.17) is 16.3 Å². The molecule has 0 saturated heterocycles. The number of methoxy groups -OCH3 is 1. The first-order valence-corrected chi connectivity index (χ1v) is 11.8. The molecule has 1 heterocycles. The average Bonchev–Trinajstić information content (AvgIpc) is 2.71. The molecule has 3 atom stereocenters. The third kappa shape index (κ3) is 5.56. The van der Waals surface area contributed by atoms with E-state index < -0.39 is 0 Å². The molecule has 1 fully saturated rings. The first-order valence-electron chi connectivity index (χ1n) is 10.6. The SMILES string of the molecule is COCCCn1c(SC(C)C(=O)NC2CCCCC2C)nc2cc(Cl)ccc2c1=O. The van der Waals surface area contributed by atoms with E-state index in [1.165, 1.54) is 18.2 Å². The summed E-state index contributed by atoms with van der Waals surface area (Å²) in [4.78, 5) is 30.6. The van der Waals surface area contributed by atoms with Gasteiger partial charge in [0.15, 0.2) is 5.16 Å². The summed E-state index contributed by atoms with van der Waals surface area (Å²) in [6.45, 7) is 5.09. The number of carbonyl (C=O) groups is 1. The van der Waals surface area contributed by atoms with E-state index in [0.717, 1.165) is 19.3 Å². The molecule has 3 rings (SSSR count). The van der Waals surface area contributed by atoms with Gasteiger partial charge in [0, 0.05) is 31.3 Å². The van der Waals surface area contributed by atoms with Gasteiger partial charge in [-0.25, -0.2) is 4.98 Å². The van der Waals surface area contributed by atoms with E-state index in [-0.39, 0.29) is 22.8 Å². The van der Waals surface area contributed by atoms with Gasteiger partial charge in [0.2, 0.25) is 5.91 Å². The highest BCUT2D eigenvalue weighted by molar-refractivity contribution is 8.00. The monoisotopic (exact) mass is 451 g/mol. The van der Waals surface area contributed by atoms with E-state index in [0.29, 0.717) is 46.6 Å². The minimum Gasteiger partial charge on any atom is -0.385 e. The maximum atomic E-state index is 13.1. The summed E-state index contributed by atoms with van der Waals surface area (Å²) in [7, 11) is 1.64. The third-order valence-corrected chi connectivity index (χ3v) is 7.03. The third-order valence-electron chi connectivity index (χ3n) is 5.70. The highest BCUT2D eigenvalue weighted by Crippen LogP contribution is 2.27. The van der Waals surface area contributed by atoms with Gasteiger partial charge in [-0.15, -0.1) is 0 Å². The molecular weight excluding hydrogens is 422 g/mol. The van der Waals surface area contributed by atoms with E-state index in [2.05, 4.69) is 17.2 Å². The molecule has 1 amide bonds. The standard InChI is InChI=1S/C22H30ClN3O3S/c1-14-7-4-5-8-18(14)24-20(27)15(2)30-22-25-19-13-16(23)9-10-17(19)21(28)26(22)11-6-12-29-3/h9-10,13-15,18H,4-8,11-12H2,1-3H3,(H,24,27). The van der Waals surface area contributed by atoms with Gasteiger partial charge in [0.1, 0.15) is 0 Å². The molecule has 164 valence electrons. The molecule has 0 spiro atoms. The van der Waals surface area contributed by atoms with Crippen molar-refractivity contribution in [2.24, 2.45) is 5.92 Å². The van der Waals surface area contributed by atoms with Crippen molar-refractivity contribution in [2.45, 2.75) is 68.9 Å². The second-order valence-electron chi connectivity index (χ2n) is 8.00. The molecule has 1 N–H and O–H groups in total. The first-order chi connectivity index (χ1) is 14.4. The van der Waals surface area contributed by atoms with Crippen molar-refractivity contribution in [1.29, 1.82) is 0 Å². The van der Waals surface area contributed by atoms with Gasteiger partial charge in [-0.05, 0) is 50.3 Å². The van der Waals surface area contributed by atoms with Crippen LogP contribution in [0.4, 0.5) is 0 Å². The van der Waals surface area contributed by atoms with E-state index >= 15 is 0 Å². The lowest BCUT2D eigenvalue weighted by Crippen LogP contribution is -2.44. The molecule has 3 unspecified atom stereocenters. The molecule has 1 aliphatic carbocycles. The maximum Gasteiger partial charge on any atom is 0.262 e. The number of halogens is 1. The first kappa shape index (κ1) is 23.1. The van der Waals surface area contributed by atoms with Crippen molar-refractivity contribution < 1.29 is 9.53 Å². The summed E-state index contributed by atoms with van der Waals surface area (Å²) in [5.41, 5.74) is 0.426. The highest BCUT2D eigenvalue weighted by atomic mass is 35.5. The van der Waals surface area contributed by atoms with E-state index in [9.17, 15) is 9.59 Å². The summed E-state index contributed by atoms with van der Waals surface area (Å²) in [5, 5.41) is 4.42. The molecule has 2 aromatic rings. The summed E-state index contributed by atoms with van der Waals surface area (Å²) in [5.74, 6) is 0.482. The number of nitrogens with zero attached hydrogens (tertiary/aromatic N) is 2. The van der Waals surface area contributed by atoms with Gasteiger partial charge >= 0.3 is 0 Å². The number of thioether (sulfide) groups is 1. The lowest BCUT2D eigenvalue weighted by Gasteiger charge is -2.30. The Morgan fingerprint density at radius 3 is 2.90 bits per heavy atom. The van der Waals surface area contributed by atoms with Gasteiger partial charge in [0.05, 0.1) is 16.2 Å². The number of hydrogen-bond acceptors (Lipinski definition) is 5. The van der Waals surface area contributed by atoms with Crippen molar-refractivity contribution in [3.05, 3.63) is 33.6 Å². The Morgan fingerprint density at radius 2 is 2.17 bits per heavy atom. The Hall–Kier alpha value is -1.57. The Bertz CT molecular complexity index is 949. The molecule has 0 radical (unpaired) electrons. The number of benzene rings is 1. The molecule has 0 aliphatic heterocycles. The average molecular weight is 452 g/mol. The zero-order valence-electron chi connectivity index (χ0n) is 17.8. The van der Waals surface area contributed by atoms with Crippen LogP contribution in [0.15, 0.2) is 28.2 Å². The molecule has 1 aromatic carbocycles. The second kappa shape index (κ2) is 10.6. The van der Waals surface area contributed by atoms with Gasteiger partial charge in [-0.2, -0.15) is 0 Å². The largest absolute Gasteiger partial charge is 0.385 e. The summed E-state index contributed by atoms with van der Waals surface area (Å²) in [6.07, 6.45) is 5.25. The van der Waals surface area contributed by atoms with Gasteiger partial charge in [0.25, 0.3) is 5.56 Å². The van der Waals surface area contributed by atoms with Crippen LogP contribution in [-0.4, -0.2) is 40.5 Å². The van der Waals surface area contributed by atoms with Crippen LogP contribution in [0.3, 0.4) is 0 Å². The molecule has 8 heteroatoms. The fourth-order valence-electron chi connectivity index (χ4n) is 3.87. The minimum atomic E-state index is -0.365. The van der Waals surface area contributed by atoms with Crippen LogP contribution in [-0.2, 0) is 16.1 Å². The highest BCUT2D eigenvalue weighted by Gasteiger charge is 2.26. The van der Waals surface area contributed by atoms with Crippen LogP contribution in [0.5, 0.6) is 0 Å². The molecule has 1 aliphatic rings. The summed E-state index contributed by atoms with van der Waals surface area (Å²) >= 11 is 7.42. The number of nitrogens with one attached hydrogen (secondary N) is 1. The lowest BCUT2D eigenvalue weighted by molar-refractivity contribution is -0.121. The Morgan fingerprint density at radius 1 is 1.40 bits per heavy atom. The van der Waals surface area contributed by atoms with E-state index in [1.54, 1.807) is 29.9 Å². The normalized spacial score (nSPS) is 20.3. The van der Waals surface area contributed by atoms with Crippen LogP contribution in [0, 0.1) is 5.92 Å². The maximum absolute atomic E-state index is 13.1. The quantitative estimate of drug-likeness (QED) is 0.368. The Balaban J connectivity index is 1.84. The summed E-state index contributed by atoms with van der Waals surface area (Å²) < 4.78 is 6.78. The van der Waals surface area contributed by atoms with Crippen molar-refractivity contribution in [3.63, 3.8) is 0 Å². The zero-order valence-corrected chi connectivity index (χ0v) is 19.4. The Kier molecular flexibility index (Phi) is 8.20. The van der Waals surface area contributed by atoms with Crippen LogP contribution >= 0.6 is 23.4 Å². The molecule has 1 saturated carbocycles. The second-order valence-corrected chi connectivity index (χ2v) is 9.74. The fourth-order valence-corrected chi connectivity index (χ4v) is 4.98. The molecule has 0 bridgehead atoms. The van der Waals surface area contributed by atoms with Crippen LogP contribution in [0.2, 0.25) is 5.02 Å². The summed E-state index contributed by atoms with van der Waals surface area (Å²) in [6, 6.07) is 5.31. The van der Waals surface area contributed by atoms with E-state index in [1.807, 2.05) is 6.92 Å². The number of rotatable bonds is 8. The number of hydrogen-bond donors (Lipinski definition) is 1. The van der Waals surface area contributed by atoms with Crippen molar-refractivity contribution in [3.8, 4) is 0 Å². The smallest absolute Gasteiger partial charge is 0.262 e. The number of ether oxygens (including phenoxy) is 1. The fraction of sp³-hybridized carbons (Fsp3) is 0.591. The molecular formula is C22H30ClN3O3S. The molecule has 1 aromatic heterocycles. The molecule has 30 heavy (non-hydrogen) atoms. The number of amides is 1. The van der Waals surface area contributed by atoms with Gasteiger partial charge in [-0.3, -0.25) is 14.2 Å². The minimum absolute atomic E-state index is 0.0115. The predicted molar refractivity (Wildman–Crippen MR) is 122 cm³/mol. The van der Waals surface area contributed by atoms with Crippen LogP contribution in [0.25, 0.3) is 10.9 Å². The zero-order chi connectivity index (χ0) is 21.7.